The largest absolute Gasteiger partial charge is 0.309 e. The minimum Gasteiger partial charge on any atom is -0.309 e. The number of para-hydroxylation sites is 1. The molecule has 10 aromatic rings. The summed E-state index contributed by atoms with van der Waals surface area (Å²) in [4.78, 5) is 0. The van der Waals surface area contributed by atoms with Crippen LogP contribution in [0.1, 0.15) is 25.0 Å². The van der Waals surface area contributed by atoms with Crippen molar-refractivity contribution in [1.29, 1.82) is 0 Å². The van der Waals surface area contributed by atoms with Crippen molar-refractivity contribution >= 4 is 54.1 Å². The molecular formula is C51H33N. The zero-order chi connectivity index (χ0) is 34.3. The summed E-state index contributed by atoms with van der Waals surface area (Å²) in [5, 5.41) is 10.4. The summed E-state index contributed by atoms with van der Waals surface area (Å²) in [5.41, 5.74) is 17.1. The number of nitrogens with zero attached hydrogens (tertiary/aromatic N) is 1. The van der Waals surface area contributed by atoms with Crippen molar-refractivity contribution in [3.8, 4) is 50.2 Å². The van der Waals surface area contributed by atoms with E-state index in [-0.39, 0.29) is 5.41 Å². The van der Waals surface area contributed by atoms with Crippen molar-refractivity contribution in [2.45, 2.75) is 19.3 Å². The molecule has 1 nitrogen and oxygen atoms in total. The Labute approximate surface area is 302 Å². The second-order valence-electron chi connectivity index (χ2n) is 15.2. The Morgan fingerprint density at radius 2 is 1.06 bits per heavy atom. The fourth-order valence-electron chi connectivity index (χ4n) is 9.95. The van der Waals surface area contributed by atoms with E-state index in [4.69, 9.17) is 0 Å². The number of aromatic nitrogens is 1. The SMILES string of the molecule is CC1(C)c2ccccc2-c2c1ccc1c2ccc2c1c1ccccc1n2-c1ccc2cc(-c3ccc4c5c(cccc35)-c3ccccc3-4)ccc2c1. The van der Waals surface area contributed by atoms with E-state index in [2.05, 4.69) is 182 Å². The van der Waals surface area contributed by atoms with Gasteiger partial charge >= 0.3 is 0 Å². The van der Waals surface area contributed by atoms with E-state index in [1.54, 1.807) is 0 Å². The number of rotatable bonds is 2. The zero-order valence-electron chi connectivity index (χ0n) is 29.0. The van der Waals surface area contributed by atoms with Crippen LogP contribution in [0.25, 0.3) is 104 Å². The predicted octanol–water partition coefficient (Wildman–Crippen LogP) is 13.9. The fourth-order valence-corrected chi connectivity index (χ4v) is 9.95. The second kappa shape index (κ2) is 9.87. The molecule has 1 heteroatoms. The summed E-state index contributed by atoms with van der Waals surface area (Å²) in [7, 11) is 0. The molecule has 52 heavy (non-hydrogen) atoms. The molecule has 9 aromatic carbocycles. The van der Waals surface area contributed by atoms with Crippen LogP contribution in [-0.4, -0.2) is 4.57 Å². The average Bonchev–Trinajstić information content (AvgIpc) is 3.79. The van der Waals surface area contributed by atoms with Crippen molar-refractivity contribution in [2.75, 3.05) is 0 Å². The van der Waals surface area contributed by atoms with Crippen LogP contribution in [0.15, 0.2) is 164 Å². The van der Waals surface area contributed by atoms with E-state index in [1.807, 2.05) is 0 Å². The standard InChI is InChI=1S/C51H33N/c1-51(2)44-16-7-5-12-42(44)49-40-25-27-47-50(41(40)24-26-45(49)51)43-13-6-8-17-46(43)52(47)33-21-20-30-28-32(19-18-31(30)29-33)34-22-23-39-36-11-4-3-10-35(36)38-15-9-14-37(34)48(38)39/h3-29H,1-2H3. The summed E-state index contributed by atoms with van der Waals surface area (Å²) >= 11 is 0. The summed E-state index contributed by atoms with van der Waals surface area (Å²) < 4.78 is 2.46. The lowest BCUT2D eigenvalue weighted by molar-refractivity contribution is 0.661. The summed E-state index contributed by atoms with van der Waals surface area (Å²) in [6.45, 7) is 4.73. The number of hydrogen-bond acceptors (Lipinski definition) is 0. The minimum absolute atomic E-state index is 0.0197. The van der Waals surface area contributed by atoms with Gasteiger partial charge in [0.15, 0.2) is 0 Å². The van der Waals surface area contributed by atoms with E-state index in [0.29, 0.717) is 0 Å². The van der Waals surface area contributed by atoms with Gasteiger partial charge in [-0.2, -0.15) is 0 Å². The maximum atomic E-state index is 2.46. The van der Waals surface area contributed by atoms with Crippen LogP contribution in [0.3, 0.4) is 0 Å². The van der Waals surface area contributed by atoms with Gasteiger partial charge in [0, 0.05) is 21.9 Å². The topological polar surface area (TPSA) is 4.93 Å². The van der Waals surface area contributed by atoms with Gasteiger partial charge in [0.2, 0.25) is 0 Å². The lowest BCUT2D eigenvalue weighted by atomic mass is 9.82. The fraction of sp³-hybridized carbons (Fsp3) is 0.0588. The van der Waals surface area contributed by atoms with E-state index < -0.39 is 0 Å². The molecule has 0 saturated carbocycles. The van der Waals surface area contributed by atoms with Gasteiger partial charge < -0.3 is 4.57 Å². The molecule has 0 bridgehead atoms. The molecule has 1 heterocycles. The van der Waals surface area contributed by atoms with Gasteiger partial charge in [-0.05, 0) is 118 Å². The van der Waals surface area contributed by atoms with Crippen molar-refractivity contribution in [1.82, 2.24) is 4.57 Å². The van der Waals surface area contributed by atoms with E-state index in [0.717, 1.165) is 0 Å². The molecule has 0 unspecified atom stereocenters. The first-order valence-corrected chi connectivity index (χ1v) is 18.4. The highest BCUT2D eigenvalue weighted by Crippen LogP contribution is 2.53. The van der Waals surface area contributed by atoms with Gasteiger partial charge in [0.25, 0.3) is 0 Å². The molecule has 0 atom stereocenters. The predicted molar refractivity (Wildman–Crippen MR) is 221 cm³/mol. The first-order chi connectivity index (χ1) is 25.6. The lowest BCUT2D eigenvalue weighted by Crippen LogP contribution is -2.14. The molecule has 0 saturated heterocycles. The van der Waals surface area contributed by atoms with E-state index in [1.165, 1.54) is 115 Å². The number of fused-ring (bicyclic) bond motifs is 13. The molecular weight excluding hydrogens is 627 g/mol. The third kappa shape index (κ3) is 3.53. The van der Waals surface area contributed by atoms with Crippen LogP contribution in [0.2, 0.25) is 0 Å². The second-order valence-corrected chi connectivity index (χ2v) is 15.2. The van der Waals surface area contributed by atoms with Crippen molar-refractivity contribution < 1.29 is 0 Å². The first-order valence-electron chi connectivity index (χ1n) is 18.4. The zero-order valence-corrected chi connectivity index (χ0v) is 29.0. The first kappa shape index (κ1) is 28.3. The average molecular weight is 660 g/mol. The van der Waals surface area contributed by atoms with Gasteiger partial charge in [-0.25, -0.2) is 0 Å². The molecule has 0 N–H and O–H groups in total. The highest BCUT2D eigenvalue weighted by atomic mass is 15.0. The van der Waals surface area contributed by atoms with E-state index >= 15 is 0 Å². The summed E-state index contributed by atoms with van der Waals surface area (Å²) in [5.74, 6) is 0. The van der Waals surface area contributed by atoms with Crippen LogP contribution in [0.4, 0.5) is 0 Å². The minimum atomic E-state index is -0.0197. The highest BCUT2D eigenvalue weighted by molar-refractivity contribution is 6.24. The Morgan fingerprint density at radius 3 is 1.94 bits per heavy atom. The molecule has 0 amide bonds. The Hall–Kier alpha value is -6.44. The maximum Gasteiger partial charge on any atom is 0.0547 e. The normalized spacial score (nSPS) is 13.7. The molecule has 0 radical (unpaired) electrons. The van der Waals surface area contributed by atoms with Gasteiger partial charge in [-0.15, -0.1) is 0 Å². The Bertz CT molecular complexity index is 3180. The van der Waals surface area contributed by atoms with Crippen LogP contribution in [0.5, 0.6) is 0 Å². The molecule has 0 fully saturated rings. The molecule has 2 aliphatic rings. The molecule has 0 aliphatic heterocycles. The third-order valence-corrected chi connectivity index (χ3v) is 12.3. The van der Waals surface area contributed by atoms with Crippen molar-refractivity contribution in [3.05, 3.63) is 175 Å². The van der Waals surface area contributed by atoms with Gasteiger partial charge in [0.05, 0.1) is 11.0 Å². The summed E-state index contributed by atoms with van der Waals surface area (Å²) in [6, 6.07) is 61.5. The van der Waals surface area contributed by atoms with Gasteiger partial charge in [-0.3, -0.25) is 0 Å². The van der Waals surface area contributed by atoms with Crippen LogP contribution in [-0.2, 0) is 5.41 Å². The van der Waals surface area contributed by atoms with Gasteiger partial charge in [-0.1, -0.05) is 147 Å². The lowest BCUT2D eigenvalue weighted by Gasteiger charge is -2.21. The van der Waals surface area contributed by atoms with Crippen LogP contribution in [0, 0.1) is 0 Å². The molecule has 12 rings (SSSR count). The van der Waals surface area contributed by atoms with Crippen LogP contribution >= 0.6 is 0 Å². The molecule has 1 aromatic heterocycles. The monoisotopic (exact) mass is 659 g/mol. The molecule has 242 valence electrons. The number of benzene rings is 9. The Balaban J connectivity index is 1.03. The molecule has 2 aliphatic carbocycles. The Morgan fingerprint density at radius 1 is 0.385 bits per heavy atom. The third-order valence-electron chi connectivity index (χ3n) is 12.3. The van der Waals surface area contributed by atoms with Crippen LogP contribution < -0.4 is 0 Å². The number of hydrogen-bond donors (Lipinski definition) is 0. The van der Waals surface area contributed by atoms with Crippen molar-refractivity contribution in [3.63, 3.8) is 0 Å². The van der Waals surface area contributed by atoms with E-state index in [9.17, 15) is 0 Å². The maximum absolute atomic E-state index is 2.46. The highest BCUT2D eigenvalue weighted by Gasteiger charge is 2.36. The molecule has 0 spiro atoms. The smallest absolute Gasteiger partial charge is 0.0547 e. The van der Waals surface area contributed by atoms with Crippen molar-refractivity contribution in [2.24, 2.45) is 0 Å². The summed E-state index contributed by atoms with van der Waals surface area (Å²) in [6.07, 6.45) is 0. The Kier molecular flexibility index (Phi) is 5.37. The quantitative estimate of drug-likeness (QED) is 0.174. The van der Waals surface area contributed by atoms with Gasteiger partial charge in [0.1, 0.15) is 0 Å².